The maximum atomic E-state index is 14.3. The number of allylic oxidation sites excluding steroid dienone is 4. The molecule has 0 fully saturated rings. The molecule has 0 aliphatic heterocycles. The van der Waals surface area contributed by atoms with Gasteiger partial charge in [-0.3, -0.25) is 0 Å². The zero-order chi connectivity index (χ0) is 31.0. The van der Waals surface area contributed by atoms with E-state index in [9.17, 15) is 36.0 Å². The maximum Gasteiger partial charge on any atom is 0.270 e. The number of hydrogen-bond acceptors (Lipinski definition) is 6. The van der Waals surface area contributed by atoms with Crippen LogP contribution in [0.5, 0.6) is 0 Å². The molecule has 0 heterocycles. The topological polar surface area (TPSA) is 156 Å². The summed E-state index contributed by atoms with van der Waals surface area (Å²) in [7, 11) is 0. The molecule has 0 spiro atoms. The molecule has 0 saturated carbocycles. The van der Waals surface area contributed by atoms with Crippen molar-refractivity contribution in [3.8, 4) is 47.5 Å². The summed E-state index contributed by atoms with van der Waals surface area (Å²) in [5.41, 5.74) is -1.10. The molecule has 0 atom stereocenters. The van der Waals surface area contributed by atoms with Crippen LogP contribution in [0.1, 0.15) is 50.1 Å². The lowest BCUT2D eigenvalue weighted by Crippen LogP contribution is -2.04. The fraction of sp³-hybridized carbons (Fsp3) is 0. The van der Waals surface area contributed by atoms with Gasteiger partial charge in [-0.1, -0.05) is 18.2 Å². The van der Waals surface area contributed by atoms with Crippen LogP contribution in [-0.4, -0.2) is 0 Å². The third kappa shape index (κ3) is 3.54. The van der Waals surface area contributed by atoms with Gasteiger partial charge in [0.05, 0.1) is 60.2 Å². The third-order valence-corrected chi connectivity index (χ3v) is 7.06. The van der Waals surface area contributed by atoms with Crippen molar-refractivity contribution < 1.29 is 4.39 Å². The van der Waals surface area contributed by atoms with Crippen LogP contribution in [0.25, 0.3) is 48.1 Å². The molecule has 10 heteroatoms. The minimum atomic E-state index is -0.591. The molecule has 3 aromatic rings. The van der Waals surface area contributed by atoms with Crippen LogP contribution < -0.4 is 0 Å². The summed E-state index contributed by atoms with van der Waals surface area (Å²) in [6.07, 6.45) is 0. The van der Waals surface area contributed by atoms with Crippen LogP contribution >= 0.6 is 0 Å². The van der Waals surface area contributed by atoms with E-state index in [2.05, 4.69) is 14.5 Å². The van der Waals surface area contributed by atoms with Crippen molar-refractivity contribution in [1.82, 2.24) is 0 Å². The molecule has 0 radical (unpaired) electrons. The Morgan fingerprint density at radius 1 is 0.605 bits per heavy atom. The van der Waals surface area contributed by atoms with Crippen molar-refractivity contribution in [2.45, 2.75) is 0 Å². The van der Waals surface area contributed by atoms with Crippen LogP contribution in [0, 0.1) is 93.5 Å². The normalized spacial score (nSPS) is 14.0. The number of benzene rings is 3. The SMILES string of the molecule is [C-]#[N+]C1=C(c2ccc3c(c2)/C(=C(\C#N)[N+]#[C-])c2cc(F)ccc2-3)/C(=C(/C#N)[N+]#[C-])c2c(C#N)c(C#N)c(C#N)c(C#N)c21. The maximum absolute atomic E-state index is 14.3. The monoisotopic (exact) mass is 547 g/mol. The number of nitrogens with zero attached hydrogens (tertiary/aromatic N) is 9. The Morgan fingerprint density at radius 2 is 1.12 bits per heavy atom. The van der Waals surface area contributed by atoms with E-state index in [1.54, 1.807) is 30.3 Å². The first-order chi connectivity index (χ1) is 20.9. The highest BCUT2D eigenvalue weighted by atomic mass is 19.1. The summed E-state index contributed by atoms with van der Waals surface area (Å²) in [6, 6.07) is 19.5. The lowest BCUT2D eigenvalue weighted by atomic mass is 9.86. The molecule has 3 aromatic carbocycles. The smallest absolute Gasteiger partial charge is 0.237 e. The molecule has 190 valence electrons. The lowest BCUT2D eigenvalue weighted by molar-refractivity contribution is 0.627. The Kier molecular flexibility index (Phi) is 6.28. The van der Waals surface area contributed by atoms with E-state index >= 15 is 0 Å². The van der Waals surface area contributed by atoms with E-state index in [-0.39, 0.29) is 55.9 Å². The van der Waals surface area contributed by atoms with Crippen molar-refractivity contribution in [1.29, 1.82) is 31.6 Å². The fourth-order valence-electron chi connectivity index (χ4n) is 5.46. The van der Waals surface area contributed by atoms with E-state index in [0.717, 1.165) is 0 Å². The molecule has 0 bridgehead atoms. The van der Waals surface area contributed by atoms with Crippen LogP contribution in [0.2, 0.25) is 0 Å². The highest BCUT2D eigenvalue weighted by Crippen LogP contribution is 2.54. The van der Waals surface area contributed by atoms with Gasteiger partial charge in [0, 0.05) is 11.1 Å². The van der Waals surface area contributed by atoms with Crippen molar-refractivity contribution in [2.24, 2.45) is 0 Å². The minimum absolute atomic E-state index is 0.0184. The molecule has 0 amide bonds. The third-order valence-electron chi connectivity index (χ3n) is 7.06. The van der Waals surface area contributed by atoms with E-state index in [1.807, 2.05) is 18.2 Å². The van der Waals surface area contributed by atoms with E-state index in [0.29, 0.717) is 22.3 Å². The predicted molar refractivity (Wildman–Crippen MR) is 148 cm³/mol. The molecule has 0 saturated heterocycles. The second-order valence-corrected chi connectivity index (χ2v) is 8.88. The van der Waals surface area contributed by atoms with Crippen LogP contribution in [0.3, 0.4) is 0 Å². The second kappa shape index (κ2) is 10.1. The standard InChI is InChI=1S/C33H6FN9/c1-41-26(14-39)29-20-8-16(4-6-18(20)19-7-5-17(34)9-21(19)29)28-32(27(15-40)42-2)30-24(12-37)22(10-35)23(11-36)25(13-38)31(30)33(28)43-3/h4-9H/b29-26-,32-27+. The first-order valence-electron chi connectivity index (χ1n) is 11.8. The highest BCUT2D eigenvalue weighted by molar-refractivity contribution is 6.26. The highest BCUT2D eigenvalue weighted by Gasteiger charge is 2.39. The summed E-state index contributed by atoms with van der Waals surface area (Å²) in [5.74, 6) is -0.591. The molecule has 2 aliphatic rings. The molecule has 0 unspecified atom stereocenters. The Balaban J connectivity index is 1.99. The van der Waals surface area contributed by atoms with Gasteiger partial charge in [-0.2, -0.15) is 21.0 Å². The Labute approximate surface area is 243 Å². The van der Waals surface area contributed by atoms with Crippen molar-refractivity contribution in [3.05, 3.63) is 138 Å². The molecule has 0 aromatic heterocycles. The molecular formula is C33H6FN9. The number of rotatable bonds is 1. The molecule has 5 rings (SSSR count). The van der Waals surface area contributed by atoms with Gasteiger partial charge in [0.1, 0.15) is 24.0 Å². The summed E-state index contributed by atoms with van der Waals surface area (Å²) >= 11 is 0. The Morgan fingerprint density at radius 3 is 1.63 bits per heavy atom. The summed E-state index contributed by atoms with van der Waals surface area (Å²) < 4.78 is 14.3. The first kappa shape index (κ1) is 26.8. The number of fused-ring (bicyclic) bond motifs is 4. The van der Waals surface area contributed by atoms with Crippen molar-refractivity contribution >= 4 is 22.4 Å². The van der Waals surface area contributed by atoms with E-state index in [1.165, 1.54) is 24.3 Å². The van der Waals surface area contributed by atoms with Crippen molar-refractivity contribution in [3.63, 3.8) is 0 Å². The van der Waals surface area contributed by atoms with Gasteiger partial charge in [-0.15, -0.1) is 0 Å². The first-order valence-corrected chi connectivity index (χ1v) is 11.8. The van der Waals surface area contributed by atoms with Gasteiger partial charge in [-0.25, -0.2) is 29.4 Å². The predicted octanol–water partition coefficient (Wildman–Crippen LogP) is 6.45. The molecular weight excluding hydrogens is 541 g/mol. The summed E-state index contributed by atoms with van der Waals surface area (Å²) in [6.45, 7) is 23.3. The number of halogens is 1. The van der Waals surface area contributed by atoms with Crippen LogP contribution in [-0.2, 0) is 0 Å². The van der Waals surface area contributed by atoms with Gasteiger partial charge < -0.3 is 0 Å². The summed E-state index contributed by atoms with van der Waals surface area (Å²) in [4.78, 5) is 10.2. The molecule has 2 aliphatic carbocycles. The fourth-order valence-corrected chi connectivity index (χ4v) is 5.46. The molecule has 9 nitrogen and oxygen atoms in total. The number of hydrogen-bond donors (Lipinski definition) is 0. The molecule has 43 heavy (non-hydrogen) atoms. The minimum Gasteiger partial charge on any atom is -0.237 e. The van der Waals surface area contributed by atoms with Gasteiger partial charge in [0.2, 0.25) is 5.70 Å². The van der Waals surface area contributed by atoms with Crippen molar-refractivity contribution in [2.75, 3.05) is 0 Å². The largest absolute Gasteiger partial charge is 0.270 e. The zero-order valence-corrected chi connectivity index (χ0v) is 21.4. The molecule has 0 N–H and O–H groups in total. The van der Waals surface area contributed by atoms with E-state index < -0.39 is 22.6 Å². The average molecular weight is 547 g/mol. The lowest BCUT2D eigenvalue weighted by Gasteiger charge is -2.14. The van der Waals surface area contributed by atoms with Crippen LogP contribution in [0.15, 0.2) is 47.8 Å². The van der Waals surface area contributed by atoms with Gasteiger partial charge in [0.25, 0.3) is 11.4 Å². The second-order valence-electron chi connectivity index (χ2n) is 8.88. The van der Waals surface area contributed by atoms with Crippen LogP contribution in [0.4, 0.5) is 4.39 Å². The van der Waals surface area contributed by atoms with Gasteiger partial charge in [0.15, 0.2) is 0 Å². The van der Waals surface area contributed by atoms with E-state index in [4.69, 9.17) is 19.7 Å². The Bertz CT molecular complexity index is 2360. The average Bonchev–Trinajstić information content (AvgIpc) is 3.53. The van der Waals surface area contributed by atoms with Gasteiger partial charge >= 0.3 is 0 Å². The Hall–Kier alpha value is -7.78. The quantitative estimate of drug-likeness (QED) is 0.197. The number of nitriles is 6. The zero-order valence-electron chi connectivity index (χ0n) is 21.4. The summed E-state index contributed by atoms with van der Waals surface area (Å²) in [5, 5.41) is 59.4. The van der Waals surface area contributed by atoms with Gasteiger partial charge in [-0.05, 0) is 62.7 Å².